The molecule has 5 rings (SSSR count). The lowest BCUT2D eigenvalue weighted by Gasteiger charge is -2.41. The summed E-state index contributed by atoms with van der Waals surface area (Å²) in [4.78, 5) is 2.58. The van der Waals surface area contributed by atoms with E-state index in [0.29, 0.717) is 39.2 Å². The molecule has 1 saturated heterocycles. The van der Waals surface area contributed by atoms with E-state index in [9.17, 15) is 13.7 Å². The van der Waals surface area contributed by atoms with Crippen LogP contribution < -0.4 is 19.7 Å². The molecule has 2 heterocycles. The van der Waals surface area contributed by atoms with Crippen LogP contribution in [0.5, 0.6) is 11.5 Å². The zero-order valence-electron chi connectivity index (χ0n) is 27.9. The van der Waals surface area contributed by atoms with E-state index < -0.39 is 27.0 Å². The summed E-state index contributed by atoms with van der Waals surface area (Å²) in [6.07, 6.45) is 1.63. The minimum atomic E-state index is -3.82. The maximum atomic E-state index is 14.2. The summed E-state index contributed by atoms with van der Waals surface area (Å²) in [6.45, 7) is 7.71. The minimum absolute atomic E-state index is 0.106. The van der Waals surface area contributed by atoms with Crippen LogP contribution in [0.2, 0.25) is 0 Å². The molecule has 47 heavy (non-hydrogen) atoms. The van der Waals surface area contributed by atoms with Crippen LogP contribution >= 0.6 is 0 Å². The Morgan fingerprint density at radius 3 is 2.53 bits per heavy atom. The van der Waals surface area contributed by atoms with Crippen molar-refractivity contribution in [3.63, 3.8) is 0 Å². The molecule has 0 aromatic heterocycles. The summed E-state index contributed by atoms with van der Waals surface area (Å²) in [5, 5.41) is 12.8. The summed E-state index contributed by atoms with van der Waals surface area (Å²) in [5.41, 5.74) is 4.13. The molecule has 3 aromatic carbocycles. The Labute approximate surface area is 279 Å². The van der Waals surface area contributed by atoms with Gasteiger partial charge in [0.25, 0.3) is 0 Å². The number of piperidine rings is 1. The molecule has 0 bridgehead atoms. The van der Waals surface area contributed by atoms with Crippen LogP contribution in [0.25, 0.3) is 0 Å². The Bertz CT molecular complexity index is 1610. The quantitative estimate of drug-likeness (QED) is 0.219. The van der Waals surface area contributed by atoms with Gasteiger partial charge < -0.3 is 29.2 Å². The van der Waals surface area contributed by atoms with Gasteiger partial charge >= 0.3 is 0 Å². The first kappa shape index (κ1) is 34.7. The average molecular weight is 662 g/mol. The fraction of sp³-hybridized carbons (Fsp3) is 0.486. The molecule has 9 nitrogen and oxygen atoms in total. The van der Waals surface area contributed by atoms with E-state index in [4.69, 9.17) is 18.9 Å². The normalized spacial score (nSPS) is 20.8. The molecule has 2 aliphatic heterocycles. The Balaban J connectivity index is 1.40. The van der Waals surface area contributed by atoms with Crippen LogP contribution in [0, 0.1) is 24.2 Å². The molecule has 0 amide bonds. The highest BCUT2D eigenvalue weighted by molar-refractivity contribution is 7.92. The van der Waals surface area contributed by atoms with Crippen molar-refractivity contribution in [2.24, 2.45) is 5.92 Å². The van der Waals surface area contributed by atoms with E-state index in [2.05, 4.69) is 22.4 Å². The zero-order chi connectivity index (χ0) is 33.4. The number of nitriles is 1. The predicted molar refractivity (Wildman–Crippen MR) is 183 cm³/mol. The number of anilines is 1. The Morgan fingerprint density at radius 2 is 1.85 bits per heavy atom. The fourth-order valence-electron chi connectivity index (χ4n) is 6.78. The van der Waals surface area contributed by atoms with Crippen LogP contribution in [0.4, 0.5) is 5.69 Å². The average Bonchev–Trinajstić information content (AvgIpc) is 3.10. The number of aryl methyl sites for hydroxylation is 1. The zero-order valence-corrected chi connectivity index (χ0v) is 28.7. The van der Waals surface area contributed by atoms with Crippen molar-refractivity contribution in [2.75, 3.05) is 52.0 Å². The van der Waals surface area contributed by atoms with E-state index in [-0.39, 0.29) is 16.9 Å². The summed E-state index contributed by atoms with van der Waals surface area (Å²) in [7, 11) is -0.465. The Morgan fingerprint density at radius 1 is 1.09 bits per heavy atom. The first-order valence-corrected chi connectivity index (χ1v) is 18.0. The van der Waals surface area contributed by atoms with Gasteiger partial charge in [0, 0.05) is 38.8 Å². The molecular weight excluding hydrogens is 614 g/mol. The highest BCUT2D eigenvalue weighted by Crippen LogP contribution is 2.38. The van der Waals surface area contributed by atoms with Gasteiger partial charge in [-0.25, -0.2) is 8.42 Å². The summed E-state index contributed by atoms with van der Waals surface area (Å²) < 4.78 is 51.6. The van der Waals surface area contributed by atoms with Gasteiger partial charge in [0.05, 0.1) is 54.2 Å². The first-order valence-electron chi connectivity index (χ1n) is 16.5. The number of nitrogens with one attached hydrogen (secondary N) is 1. The number of fused-ring (bicyclic) bond motifs is 1. The van der Waals surface area contributed by atoms with E-state index in [1.807, 2.05) is 50.2 Å². The number of methoxy groups -OCH3 is 2. The van der Waals surface area contributed by atoms with E-state index >= 15 is 0 Å². The van der Waals surface area contributed by atoms with Crippen molar-refractivity contribution in [3.05, 3.63) is 83.4 Å². The van der Waals surface area contributed by atoms with Crippen molar-refractivity contribution < 1.29 is 27.4 Å². The molecule has 2 aliphatic rings. The summed E-state index contributed by atoms with van der Waals surface area (Å²) in [5.74, 6) is 0.848. The van der Waals surface area contributed by atoms with Crippen molar-refractivity contribution in [3.8, 4) is 17.6 Å². The molecule has 0 saturated carbocycles. The Hall–Kier alpha value is -3.62. The molecule has 3 aromatic rings. The second-order valence-electron chi connectivity index (χ2n) is 12.4. The second-order valence-corrected chi connectivity index (χ2v) is 14.5. The van der Waals surface area contributed by atoms with Crippen LogP contribution in [0.1, 0.15) is 48.8 Å². The van der Waals surface area contributed by atoms with Gasteiger partial charge in [-0.3, -0.25) is 0 Å². The second kappa shape index (κ2) is 16.0. The molecule has 0 spiro atoms. The lowest BCUT2D eigenvalue weighted by atomic mass is 9.81. The topological polar surface area (TPSA) is 110 Å². The summed E-state index contributed by atoms with van der Waals surface area (Å²) in [6, 6.07) is 22.9. The smallest absolute Gasteiger partial charge is 0.184 e. The highest BCUT2D eigenvalue weighted by atomic mass is 32.2. The SMILES string of the molecule is CCC(C#N)[C@H]([C@@H]1C[C@H](c2ccc(OC)cc2)[C@@H](OCc2ccc3c(c2)N(CCCOC)CCO3)CN1)S(=O)(=O)c1ccc(C)cc1. The monoisotopic (exact) mass is 661 g/mol. The third-order valence-corrected chi connectivity index (χ3v) is 11.7. The van der Waals surface area contributed by atoms with Crippen molar-refractivity contribution in [2.45, 2.75) is 67.9 Å². The molecule has 5 atom stereocenters. The van der Waals surface area contributed by atoms with Gasteiger partial charge in [0.1, 0.15) is 18.1 Å². The molecule has 1 unspecified atom stereocenters. The molecule has 10 heteroatoms. The van der Waals surface area contributed by atoms with Gasteiger partial charge in [-0.2, -0.15) is 5.26 Å². The number of benzene rings is 3. The van der Waals surface area contributed by atoms with Crippen molar-refractivity contribution in [1.29, 1.82) is 5.26 Å². The van der Waals surface area contributed by atoms with E-state index in [0.717, 1.165) is 53.4 Å². The molecule has 1 fully saturated rings. The fourth-order valence-corrected chi connectivity index (χ4v) is 8.94. The lowest BCUT2D eigenvalue weighted by molar-refractivity contribution is 0.00182. The largest absolute Gasteiger partial charge is 0.497 e. The van der Waals surface area contributed by atoms with Crippen molar-refractivity contribution in [1.82, 2.24) is 5.32 Å². The van der Waals surface area contributed by atoms with Crippen LogP contribution in [0.15, 0.2) is 71.6 Å². The highest BCUT2D eigenvalue weighted by Gasteiger charge is 2.44. The van der Waals surface area contributed by atoms with Gasteiger partial charge in [0.2, 0.25) is 0 Å². The molecular formula is C37H47N3O6S. The predicted octanol–water partition coefficient (Wildman–Crippen LogP) is 5.66. The molecule has 252 valence electrons. The maximum absolute atomic E-state index is 14.2. The number of ether oxygens (including phenoxy) is 4. The van der Waals surface area contributed by atoms with E-state index in [1.54, 1.807) is 38.5 Å². The van der Waals surface area contributed by atoms with Gasteiger partial charge in [-0.15, -0.1) is 0 Å². The number of rotatable bonds is 14. The molecule has 0 radical (unpaired) electrons. The first-order chi connectivity index (χ1) is 22.8. The number of hydrogen-bond donors (Lipinski definition) is 1. The van der Waals surface area contributed by atoms with Gasteiger partial charge in [-0.1, -0.05) is 42.8 Å². The van der Waals surface area contributed by atoms with Crippen LogP contribution in [0.3, 0.4) is 0 Å². The number of nitrogens with zero attached hydrogens (tertiary/aromatic N) is 2. The Kier molecular flexibility index (Phi) is 11.8. The molecule has 0 aliphatic carbocycles. The third-order valence-electron chi connectivity index (χ3n) is 9.41. The number of hydrogen-bond acceptors (Lipinski definition) is 9. The lowest BCUT2D eigenvalue weighted by Crippen LogP contribution is -2.55. The van der Waals surface area contributed by atoms with E-state index in [1.165, 1.54) is 0 Å². The van der Waals surface area contributed by atoms with Gasteiger partial charge in [0.15, 0.2) is 9.84 Å². The molecule has 1 N–H and O–H groups in total. The van der Waals surface area contributed by atoms with Crippen LogP contribution in [-0.2, 0) is 25.9 Å². The van der Waals surface area contributed by atoms with Gasteiger partial charge in [-0.05, 0) is 73.7 Å². The van der Waals surface area contributed by atoms with Crippen molar-refractivity contribution >= 4 is 15.5 Å². The third kappa shape index (κ3) is 8.10. The summed E-state index contributed by atoms with van der Waals surface area (Å²) >= 11 is 0. The standard InChI is InChI=1S/C37H47N3O6S/c1-5-28(23-38)37(47(41,42)31-14-7-26(2)8-15-31)33-22-32(29-10-12-30(44-4)13-11-29)36(24-39-33)46-25-27-9-16-35-34(21-27)40(18-20-45-35)17-6-19-43-3/h7-16,21,28,32-33,36-37,39H,5-6,17-20,22,24-25H2,1-4H3/t28?,32-,33+,36+,37-/m1/s1. The van der Waals surface area contributed by atoms with Crippen LogP contribution in [-0.4, -0.2) is 72.9 Å². The minimum Gasteiger partial charge on any atom is -0.497 e. The maximum Gasteiger partial charge on any atom is 0.184 e. The number of sulfone groups is 1.